The SMILES string of the molecule is CCCCCCC(C)(CN)N(CC)Cc1ccccc1. The first-order valence-electron chi connectivity index (χ1n) is 8.15. The van der Waals surface area contributed by atoms with Gasteiger partial charge in [0.25, 0.3) is 0 Å². The van der Waals surface area contributed by atoms with Gasteiger partial charge in [-0.05, 0) is 25.5 Å². The fourth-order valence-electron chi connectivity index (χ4n) is 2.81. The topological polar surface area (TPSA) is 29.3 Å². The van der Waals surface area contributed by atoms with E-state index in [2.05, 4.69) is 56.0 Å². The first kappa shape index (κ1) is 17.2. The van der Waals surface area contributed by atoms with E-state index in [4.69, 9.17) is 5.73 Å². The molecule has 1 aromatic rings. The fourth-order valence-corrected chi connectivity index (χ4v) is 2.81. The standard InChI is InChI=1S/C18H32N2/c1-4-6-7-11-14-18(3,16-19)20(5-2)15-17-12-9-8-10-13-17/h8-10,12-13H,4-7,11,14-16,19H2,1-3H3. The summed E-state index contributed by atoms with van der Waals surface area (Å²) < 4.78 is 0. The average molecular weight is 276 g/mol. The highest BCUT2D eigenvalue weighted by Crippen LogP contribution is 2.24. The Morgan fingerprint density at radius 3 is 2.30 bits per heavy atom. The summed E-state index contributed by atoms with van der Waals surface area (Å²) in [7, 11) is 0. The molecule has 1 rings (SSSR count). The van der Waals surface area contributed by atoms with Crippen molar-refractivity contribution >= 4 is 0 Å². The molecule has 1 atom stereocenters. The van der Waals surface area contributed by atoms with Crippen LogP contribution in [0.15, 0.2) is 30.3 Å². The third kappa shape index (κ3) is 5.26. The number of nitrogens with two attached hydrogens (primary N) is 1. The average Bonchev–Trinajstić information content (AvgIpc) is 2.50. The maximum absolute atomic E-state index is 6.11. The predicted molar refractivity (Wildman–Crippen MR) is 88.7 cm³/mol. The molecule has 1 unspecified atom stereocenters. The Hall–Kier alpha value is -0.860. The Balaban J connectivity index is 2.62. The molecule has 2 N–H and O–H groups in total. The molecule has 20 heavy (non-hydrogen) atoms. The summed E-state index contributed by atoms with van der Waals surface area (Å²) in [5.41, 5.74) is 7.61. The molecule has 2 heteroatoms. The van der Waals surface area contributed by atoms with E-state index in [1.807, 2.05) is 0 Å². The zero-order valence-electron chi connectivity index (χ0n) is 13.6. The van der Waals surface area contributed by atoms with Crippen molar-refractivity contribution in [1.82, 2.24) is 4.90 Å². The Morgan fingerprint density at radius 2 is 1.75 bits per heavy atom. The molecule has 2 nitrogen and oxygen atoms in total. The van der Waals surface area contributed by atoms with E-state index in [9.17, 15) is 0 Å². The molecule has 1 aromatic carbocycles. The third-order valence-corrected chi connectivity index (χ3v) is 4.37. The second-order valence-corrected chi connectivity index (χ2v) is 6.01. The Kier molecular flexibility index (Phi) is 7.86. The molecular formula is C18H32N2. The largest absolute Gasteiger partial charge is 0.329 e. The van der Waals surface area contributed by atoms with Crippen LogP contribution in [0.1, 0.15) is 58.4 Å². The van der Waals surface area contributed by atoms with E-state index in [0.717, 1.165) is 19.6 Å². The van der Waals surface area contributed by atoms with Gasteiger partial charge in [-0.2, -0.15) is 0 Å². The fraction of sp³-hybridized carbons (Fsp3) is 0.667. The van der Waals surface area contributed by atoms with Crippen LogP contribution in [0.3, 0.4) is 0 Å². The van der Waals surface area contributed by atoms with Gasteiger partial charge >= 0.3 is 0 Å². The molecular weight excluding hydrogens is 244 g/mol. The van der Waals surface area contributed by atoms with Gasteiger partial charge in [-0.15, -0.1) is 0 Å². The molecule has 0 aliphatic carbocycles. The predicted octanol–water partition coefficient (Wildman–Crippen LogP) is 4.20. The zero-order valence-corrected chi connectivity index (χ0v) is 13.6. The van der Waals surface area contributed by atoms with E-state index >= 15 is 0 Å². The monoisotopic (exact) mass is 276 g/mol. The lowest BCUT2D eigenvalue weighted by molar-refractivity contribution is 0.0964. The van der Waals surface area contributed by atoms with E-state index < -0.39 is 0 Å². The molecule has 0 aliphatic rings. The van der Waals surface area contributed by atoms with Crippen molar-refractivity contribution in [3.8, 4) is 0 Å². The number of likely N-dealkylation sites (N-methyl/N-ethyl adjacent to an activating group) is 1. The van der Waals surface area contributed by atoms with Crippen molar-refractivity contribution in [3.63, 3.8) is 0 Å². The Labute approximate surface area is 125 Å². The van der Waals surface area contributed by atoms with Crippen LogP contribution in [0.2, 0.25) is 0 Å². The van der Waals surface area contributed by atoms with Crippen LogP contribution in [0, 0.1) is 0 Å². The lowest BCUT2D eigenvalue weighted by atomic mass is 9.91. The van der Waals surface area contributed by atoms with Crippen molar-refractivity contribution in [2.24, 2.45) is 5.73 Å². The molecule has 0 aromatic heterocycles. The number of unbranched alkanes of at least 4 members (excludes halogenated alkanes) is 3. The van der Waals surface area contributed by atoms with Crippen LogP contribution in [-0.4, -0.2) is 23.5 Å². The minimum absolute atomic E-state index is 0.123. The molecule has 114 valence electrons. The van der Waals surface area contributed by atoms with Crippen molar-refractivity contribution < 1.29 is 0 Å². The van der Waals surface area contributed by atoms with Crippen molar-refractivity contribution in [2.75, 3.05) is 13.1 Å². The number of rotatable bonds is 10. The van der Waals surface area contributed by atoms with Gasteiger partial charge in [0.1, 0.15) is 0 Å². The van der Waals surface area contributed by atoms with Gasteiger partial charge in [0, 0.05) is 18.6 Å². The molecule has 0 amide bonds. The first-order chi connectivity index (χ1) is 9.66. The molecule has 0 aliphatic heterocycles. The second kappa shape index (κ2) is 9.15. The van der Waals surface area contributed by atoms with Crippen LogP contribution in [0.25, 0.3) is 0 Å². The molecule has 0 saturated carbocycles. The van der Waals surface area contributed by atoms with E-state index in [1.54, 1.807) is 0 Å². The zero-order chi connectivity index (χ0) is 14.8. The van der Waals surface area contributed by atoms with Gasteiger partial charge in [-0.1, -0.05) is 69.9 Å². The van der Waals surface area contributed by atoms with Gasteiger partial charge < -0.3 is 5.73 Å². The van der Waals surface area contributed by atoms with E-state index in [-0.39, 0.29) is 5.54 Å². The van der Waals surface area contributed by atoms with Crippen LogP contribution < -0.4 is 5.73 Å². The van der Waals surface area contributed by atoms with E-state index in [0.29, 0.717) is 0 Å². The number of hydrogen-bond donors (Lipinski definition) is 1. The second-order valence-electron chi connectivity index (χ2n) is 6.01. The van der Waals surface area contributed by atoms with Gasteiger partial charge in [0.2, 0.25) is 0 Å². The Bertz CT molecular complexity index is 350. The Morgan fingerprint density at radius 1 is 1.05 bits per heavy atom. The summed E-state index contributed by atoms with van der Waals surface area (Å²) in [6, 6.07) is 10.7. The maximum atomic E-state index is 6.11. The maximum Gasteiger partial charge on any atom is 0.0307 e. The van der Waals surface area contributed by atoms with Crippen molar-refractivity contribution in [1.29, 1.82) is 0 Å². The quantitative estimate of drug-likeness (QED) is 0.649. The summed E-state index contributed by atoms with van der Waals surface area (Å²) in [6.07, 6.45) is 6.44. The normalized spacial score (nSPS) is 14.4. The molecule has 0 saturated heterocycles. The van der Waals surface area contributed by atoms with Gasteiger partial charge in [-0.3, -0.25) is 4.90 Å². The van der Waals surface area contributed by atoms with Crippen molar-refractivity contribution in [2.45, 2.75) is 65.0 Å². The first-order valence-corrected chi connectivity index (χ1v) is 8.15. The number of hydrogen-bond acceptors (Lipinski definition) is 2. The summed E-state index contributed by atoms with van der Waals surface area (Å²) in [6.45, 7) is 9.61. The molecule has 0 radical (unpaired) electrons. The van der Waals surface area contributed by atoms with Crippen LogP contribution in [0.4, 0.5) is 0 Å². The summed E-state index contributed by atoms with van der Waals surface area (Å²) in [5, 5.41) is 0. The lowest BCUT2D eigenvalue weighted by Gasteiger charge is -2.40. The van der Waals surface area contributed by atoms with Gasteiger partial charge in [0.05, 0.1) is 0 Å². The summed E-state index contributed by atoms with van der Waals surface area (Å²) in [5.74, 6) is 0. The number of benzene rings is 1. The molecule has 0 heterocycles. The molecule has 0 bridgehead atoms. The third-order valence-electron chi connectivity index (χ3n) is 4.37. The van der Waals surface area contributed by atoms with Gasteiger partial charge in [-0.25, -0.2) is 0 Å². The molecule has 0 spiro atoms. The van der Waals surface area contributed by atoms with E-state index in [1.165, 1.54) is 37.7 Å². The van der Waals surface area contributed by atoms with Crippen LogP contribution >= 0.6 is 0 Å². The highest BCUT2D eigenvalue weighted by Gasteiger charge is 2.28. The highest BCUT2D eigenvalue weighted by atomic mass is 15.2. The van der Waals surface area contributed by atoms with Crippen LogP contribution in [-0.2, 0) is 6.54 Å². The highest BCUT2D eigenvalue weighted by molar-refractivity contribution is 5.15. The summed E-state index contributed by atoms with van der Waals surface area (Å²) >= 11 is 0. The van der Waals surface area contributed by atoms with Crippen LogP contribution in [0.5, 0.6) is 0 Å². The summed E-state index contributed by atoms with van der Waals surface area (Å²) in [4.78, 5) is 2.54. The minimum atomic E-state index is 0.123. The smallest absolute Gasteiger partial charge is 0.0307 e. The van der Waals surface area contributed by atoms with Gasteiger partial charge in [0.15, 0.2) is 0 Å². The lowest BCUT2D eigenvalue weighted by Crippen LogP contribution is -2.51. The number of nitrogens with zero attached hydrogens (tertiary/aromatic N) is 1. The van der Waals surface area contributed by atoms with Crippen molar-refractivity contribution in [3.05, 3.63) is 35.9 Å². The molecule has 0 fully saturated rings. The minimum Gasteiger partial charge on any atom is -0.329 e.